The summed E-state index contributed by atoms with van der Waals surface area (Å²) in [5, 5.41) is 3.39. The van der Waals surface area contributed by atoms with E-state index in [2.05, 4.69) is 5.32 Å². The molecule has 0 saturated carbocycles. The van der Waals surface area contributed by atoms with Gasteiger partial charge in [-0.1, -0.05) is 60.5 Å². The number of aryl methyl sites for hydroxylation is 1. The van der Waals surface area contributed by atoms with Crippen LogP contribution in [0, 0.1) is 0 Å². The number of halogens is 2. The van der Waals surface area contributed by atoms with E-state index >= 15 is 0 Å². The summed E-state index contributed by atoms with van der Waals surface area (Å²) >= 11 is 12.2. The molecule has 1 amide bonds. The molecule has 8 heteroatoms. The van der Waals surface area contributed by atoms with E-state index < -0.39 is 16.1 Å². The van der Waals surface area contributed by atoms with E-state index in [1.807, 2.05) is 30.3 Å². The molecule has 0 bridgehead atoms. The van der Waals surface area contributed by atoms with Crippen molar-refractivity contribution in [2.24, 2.45) is 0 Å². The van der Waals surface area contributed by atoms with Crippen molar-refractivity contribution < 1.29 is 13.2 Å². The fraction of sp³-hybridized carbons (Fsp3) is 0.350. The minimum absolute atomic E-state index is 0.197. The van der Waals surface area contributed by atoms with Gasteiger partial charge in [-0.2, -0.15) is 0 Å². The van der Waals surface area contributed by atoms with Gasteiger partial charge < -0.3 is 5.32 Å². The van der Waals surface area contributed by atoms with Gasteiger partial charge >= 0.3 is 0 Å². The van der Waals surface area contributed by atoms with Gasteiger partial charge in [-0.25, -0.2) is 8.42 Å². The molecular formula is C20H24Cl2N2O3S. The fourth-order valence-corrected chi connectivity index (χ4v) is 4.60. The first-order valence-electron chi connectivity index (χ1n) is 9.00. The highest BCUT2D eigenvalue weighted by Crippen LogP contribution is 2.32. The lowest BCUT2D eigenvalue weighted by molar-refractivity contribution is -0.122. The molecule has 5 nitrogen and oxygen atoms in total. The van der Waals surface area contributed by atoms with Crippen LogP contribution >= 0.6 is 23.2 Å². The molecule has 1 N–H and O–H groups in total. The third-order valence-corrected chi connectivity index (χ3v) is 5.98. The number of hydrogen-bond donors (Lipinski definition) is 1. The minimum atomic E-state index is -3.76. The summed E-state index contributed by atoms with van der Waals surface area (Å²) in [6.45, 7) is 2.20. The third kappa shape index (κ3) is 6.12. The predicted molar refractivity (Wildman–Crippen MR) is 116 cm³/mol. The molecule has 0 heterocycles. The molecule has 1 unspecified atom stereocenters. The van der Waals surface area contributed by atoms with Gasteiger partial charge in [0.2, 0.25) is 15.9 Å². The quantitative estimate of drug-likeness (QED) is 0.588. The number of nitrogens with zero attached hydrogens (tertiary/aromatic N) is 1. The zero-order valence-electron chi connectivity index (χ0n) is 15.9. The number of carbonyl (C=O) groups excluding carboxylic acids is 1. The van der Waals surface area contributed by atoms with E-state index in [0.717, 1.165) is 23.4 Å². The summed E-state index contributed by atoms with van der Waals surface area (Å²) < 4.78 is 26.0. The number of anilines is 1. The van der Waals surface area contributed by atoms with Crippen LogP contribution in [-0.4, -0.2) is 33.2 Å². The summed E-state index contributed by atoms with van der Waals surface area (Å²) in [5.74, 6) is -0.364. The van der Waals surface area contributed by atoms with Crippen molar-refractivity contribution in [2.45, 2.75) is 32.2 Å². The topological polar surface area (TPSA) is 66.5 Å². The Morgan fingerprint density at radius 1 is 1.14 bits per heavy atom. The highest BCUT2D eigenvalue weighted by atomic mass is 35.5. The molecule has 2 rings (SSSR count). The third-order valence-electron chi connectivity index (χ3n) is 4.26. The van der Waals surface area contributed by atoms with Crippen molar-refractivity contribution >= 4 is 44.8 Å². The SMILES string of the molecule is CCC(C(=O)NCCCc1ccccc1)N(c1cc(Cl)ccc1Cl)S(C)(=O)=O. The number of carbonyl (C=O) groups is 1. The number of sulfonamides is 1. The molecule has 28 heavy (non-hydrogen) atoms. The Labute approximate surface area is 176 Å². The van der Waals surface area contributed by atoms with Crippen LogP contribution in [0.3, 0.4) is 0 Å². The summed E-state index contributed by atoms with van der Waals surface area (Å²) in [6, 6.07) is 13.6. The molecule has 0 aliphatic heterocycles. The Kier molecular flexibility index (Phi) is 8.16. The second-order valence-corrected chi connectivity index (χ2v) is 9.16. The molecule has 1 atom stereocenters. The van der Waals surface area contributed by atoms with Crippen LogP contribution < -0.4 is 9.62 Å². The van der Waals surface area contributed by atoms with E-state index in [-0.39, 0.29) is 16.6 Å². The lowest BCUT2D eigenvalue weighted by atomic mass is 10.1. The molecule has 0 spiro atoms. The van der Waals surface area contributed by atoms with E-state index in [1.54, 1.807) is 13.0 Å². The predicted octanol–water partition coefficient (Wildman–Crippen LogP) is 4.29. The lowest BCUT2D eigenvalue weighted by Gasteiger charge is -2.30. The monoisotopic (exact) mass is 442 g/mol. The van der Waals surface area contributed by atoms with Crippen LogP contribution in [0.4, 0.5) is 5.69 Å². The number of hydrogen-bond acceptors (Lipinski definition) is 3. The van der Waals surface area contributed by atoms with E-state index in [9.17, 15) is 13.2 Å². The first-order chi connectivity index (χ1) is 13.2. The first kappa shape index (κ1) is 22.5. The van der Waals surface area contributed by atoms with Crippen LogP contribution in [0.25, 0.3) is 0 Å². The molecule has 0 aliphatic carbocycles. The van der Waals surface area contributed by atoms with Crippen LogP contribution in [0.5, 0.6) is 0 Å². The fourth-order valence-electron chi connectivity index (χ4n) is 2.96. The molecule has 0 saturated heterocycles. The largest absolute Gasteiger partial charge is 0.354 e. The van der Waals surface area contributed by atoms with Gasteiger partial charge in [0.05, 0.1) is 17.0 Å². The maximum atomic E-state index is 12.7. The second-order valence-electron chi connectivity index (χ2n) is 6.46. The van der Waals surface area contributed by atoms with Crippen LogP contribution in [0.2, 0.25) is 10.0 Å². The Morgan fingerprint density at radius 3 is 2.43 bits per heavy atom. The zero-order valence-corrected chi connectivity index (χ0v) is 18.2. The average Bonchev–Trinajstić information content (AvgIpc) is 2.65. The van der Waals surface area contributed by atoms with Crippen LogP contribution in [0.1, 0.15) is 25.3 Å². The molecule has 0 fully saturated rings. The summed E-state index contributed by atoms with van der Waals surface area (Å²) in [5.41, 5.74) is 1.38. The minimum Gasteiger partial charge on any atom is -0.354 e. The van der Waals surface area contributed by atoms with Crippen molar-refractivity contribution in [3.05, 3.63) is 64.1 Å². The maximum absolute atomic E-state index is 12.7. The van der Waals surface area contributed by atoms with Crippen molar-refractivity contribution in [1.82, 2.24) is 5.32 Å². The van der Waals surface area contributed by atoms with Crippen molar-refractivity contribution in [2.75, 3.05) is 17.1 Å². The van der Waals surface area contributed by atoms with Gasteiger partial charge in [-0.3, -0.25) is 9.10 Å². The maximum Gasteiger partial charge on any atom is 0.243 e. The highest BCUT2D eigenvalue weighted by molar-refractivity contribution is 7.92. The van der Waals surface area contributed by atoms with Crippen molar-refractivity contribution in [1.29, 1.82) is 0 Å². The normalized spacial score (nSPS) is 12.4. The average molecular weight is 443 g/mol. The second kappa shape index (κ2) is 10.1. The first-order valence-corrected chi connectivity index (χ1v) is 11.6. The molecular weight excluding hydrogens is 419 g/mol. The molecule has 2 aromatic rings. The Bertz CT molecular complexity index is 905. The smallest absolute Gasteiger partial charge is 0.243 e. The van der Waals surface area contributed by atoms with E-state index in [4.69, 9.17) is 23.2 Å². The molecule has 2 aromatic carbocycles. The standard InChI is InChI=1S/C20H24Cl2N2O3S/c1-3-18(20(25)23-13-7-10-15-8-5-4-6-9-15)24(28(2,26)27)19-14-16(21)11-12-17(19)22/h4-6,8-9,11-12,14,18H,3,7,10,13H2,1-2H3,(H,23,25). The van der Waals surface area contributed by atoms with Crippen molar-refractivity contribution in [3.8, 4) is 0 Å². The van der Waals surface area contributed by atoms with Gasteiger partial charge in [-0.15, -0.1) is 0 Å². The van der Waals surface area contributed by atoms with Crippen LogP contribution in [-0.2, 0) is 21.2 Å². The van der Waals surface area contributed by atoms with E-state index in [0.29, 0.717) is 18.0 Å². The lowest BCUT2D eigenvalue weighted by Crippen LogP contribution is -2.49. The summed E-state index contributed by atoms with van der Waals surface area (Å²) in [4.78, 5) is 12.7. The van der Waals surface area contributed by atoms with Gasteiger partial charge in [0, 0.05) is 11.6 Å². The summed E-state index contributed by atoms with van der Waals surface area (Å²) in [6.07, 6.45) is 2.92. The number of rotatable bonds is 9. The van der Waals surface area contributed by atoms with Gasteiger partial charge in [0.1, 0.15) is 6.04 Å². The Balaban J connectivity index is 2.12. The van der Waals surface area contributed by atoms with Gasteiger partial charge in [0.15, 0.2) is 0 Å². The van der Waals surface area contributed by atoms with E-state index in [1.165, 1.54) is 17.7 Å². The van der Waals surface area contributed by atoms with Crippen LogP contribution in [0.15, 0.2) is 48.5 Å². The Morgan fingerprint density at radius 2 is 1.82 bits per heavy atom. The Hall–Kier alpha value is -1.76. The number of benzene rings is 2. The number of nitrogens with one attached hydrogen (secondary N) is 1. The highest BCUT2D eigenvalue weighted by Gasteiger charge is 2.32. The summed E-state index contributed by atoms with van der Waals surface area (Å²) in [7, 11) is -3.76. The zero-order chi connectivity index (χ0) is 20.7. The molecule has 0 radical (unpaired) electrons. The van der Waals surface area contributed by atoms with Crippen molar-refractivity contribution in [3.63, 3.8) is 0 Å². The van der Waals surface area contributed by atoms with Gasteiger partial charge in [-0.05, 0) is 43.0 Å². The molecule has 0 aromatic heterocycles. The molecule has 152 valence electrons. The van der Waals surface area contributed by atoms with Gasteiger partial charge in [0.25, 0.3) is 0 Å². The molecule has 0 aliphatic rings. The number of amides is 1.